The van der Waals surface area contributed by atoms with Crippen molar-refractivity contribution in [1.29, 1.82) is 0 Å². The normalized spacial score (nSPS) is 10.9. The van der Waals surface area contributed by atoms with Gasteiger partial charge in [-0.25, -0.2) is 8.42 Å². The Labute approximate surface area is 199 Å². The van der Waals surface area contributed by atoms with Gasteiger partial charge in [0.25, 0.3) is 10.0 Å². The van der Waals surface area contributed by atoms with Gasteiger partial charge < -0.3 is 19.5 Å². The highest BCUT2D eigenvalue weighted by Gasteiger charge is 2.28. The molecule has 0 fully saturated rings. The molecule has 1 N–H and O–H groups in total. The largest absolute Gasteiger partial charge is 0.494 e. The second-order valence-corrected chi connectivity index (χ2v) is 8.92. The van der Waals surface area contributed by atoms with Gasteiger partial charge in [0.1, 0.15) is 12.3 Å². The molecule has 1 amide bonds. The molecule has 0 saturated carbocycles. The molecule has 0 aliphatic carbocycles. The lowest BCUT2D eigenvalue weighted by Gasteiger charge is -2.24. The van der Waals surface area contributed by atoms with Crippen LogP contribution in [0.2, 0.25) is 0 Å². The molecule has 180 valence electrons. The molecule has 3 aromatic rings. The highest BCUT2D eigenvalue weighted by atomic mass is 32.2. The number of nitrogens with zero attached hydrogens (tertiary/aromatic N) is 2. The third kappa shape index (κ3) is 5.96. The summed E-state index contributed by atoms with van der Waals surface area (Å²) in [6, 6.07) is 16.1. The highest BCUT2D eigenvalue weighted by molar-refractivity contribution is 7.92. The summed E-state index contributed by atoms with van der Waals surface area (Å²) in [4.78, 5) is 16.9. The van der Waals surface area contributed by atoms with E-state index in [0.717, 1.165) is 4.31 Å². The molecule has 9 nitrogen and oxygen atoms in total. The van der Waals surface area contributed by atoms with Gasteiger partial charge in [-0.15, -0.1) is 0 Å². The van der Waals surface area contributed by atoms with E-state index in [4.69, 9.17) is 14.2 Å². The van der Waals surface area contributed by atoms with E-state index in [2.05, 4.69) is 10.3 Å². The second kappa shape index (κ2) is 11.4. The molecule has 0 spiro atoms. The summed E-state index contributed by atoms with van der Waals surface area (Å²) in [7, 11) is -1.25. The van der Waals surface area contributed by atoms with Gasteiger partial charge in [-0.2, -0.15) is 0 Å². The number of benzene rings is 2. The van der Waals surface area contributed by atoms with Crippen molar-refractivity contribution in [3.8, 4) is 17.2 Å². The van der Waals surface area contributed by atoms with E-state index >= 15 is 0 Å². The number of amides is 1. The SMILES string of the molecule is CCOc1ccc(N(CC(=O)NCc2ccccn2)S(=O)(=O)c2ccc(OC)c(OC)c2)cc1. The Morgan fingerprint density at radius 3 is 2.35 bits per heavy atom. The van der Waals surface area contributed by atoms with Crippen molar-refractivity contribution in [2.45, 2.75) is 18.4 Å². The van der Waals surface area contributed by atoms with Crippen LogP contribution in [-0.4, -0.2) is 46.7 Å². The molecule has 34 heavy (non-hydrogen) atoms. The van der Waals surface area contributed by atoms with Crippen molar-refractivity contribution in [2.24, 2.45) is 0 Å². The van der Waals surface area contributed by atoms with Crippen molar-refractivity contribution < 1.29 is 27.4 Å². The van der Waals surface area contributed by atoms with Crippen LogP contribution in [-0.2, 0) is 21.4 Å². The van der Waals surface area contributed by atoms with Crippen LogP contribution in [0.1, 0.15) is 12.6 Å². The van der Waals surface area contributed by atoms with E-state index < -0.39 is 22.5 Å². The molecule has 1 aromatic heterocycles. The van der Waals surface area contributed by atoms with Crippen LogP contribution in [0.5, 0.6) is 17.2 Å². The number of methoxy groups -OCH3 is 2. The van der Waals surface area contributed by atoms with Crippen LogP contribution in [0.25, 0.3) is 0 Å². The molecule has 0 saturated heterocycles. The number of carbonyl (C=O) groups is 1. The van der Waals surface area contributed by atoms with E-state index in [1.807, 2.05) is 13.0 Å². The minimum Gasteiger partial charge on any atom is -0.494 e. The predicted octanol–water partition coefficient (Wildman–Crippen LogP) is 3.01. The molecule has 1 heterocycles. The zero-order chi connectivity index (χ0) is 24.6. The average Bonchev–Trinajstić information content (AvgIpc) is 2.87. The van der Waals surface area contributed by atoms with Crippen LogP contribution in [0.15, 0.2) is 71.8 Å². The fourth-order valence-electron chi connectivity index (χ4n) is 3.17. The van der Waals surface area contributed by atoms with Crippen molar-refractivity contribution in [1.82, 2.24) is 10.3 Å². The molecule has 0 aliphatic rings. The number of sulfonamides is 1. The van der Waals surface area contributed by atoms with Gasteiger partial charge >= 0.3 is 0 Å². The van der Waals surface area contributed by atoms with Crippen LogP contribution in [0, 0.1) is 0 Å². The van der Waals surface area contributed by atoms with Gasteiger partial charge in [-0.1, -0.05) is 6.07 Å². The van der Waals surface area contributed by atoms with Gasteiger partial charge in [0.05, 0.1) is 43.6 Å². The summed E-state index contributed by atoms with van der Waals surface area (Å²) >= 11 is 0. The molecule has 0 aliphatic heterocycles. The Morgan fingerprint density at radius 2 is 1.74 bits per heavy atom. The molecule has 0 unspecified atom stereocenters. The van der Waals surface area contributed by atoms with Gasteiger partial charge in [0.2, 0.25) is 5.91 Å². The first kappa shape index (κ1) is 24.8. The van der Waals surface area contributed by atoms with Crippen LogP contribution >= 0.6 is 0 Å². The first-order valence-electron chi connectivity index (χ1n) is 10.5. The Morgan fingerprint density at radius 1 is 1.00 bits per heavy atom. The molecule has 0 radical (unpaired) electrons. The third-order valence-corrected chi connectivity index (χ3v) is 6.63. The lowest BCUT2D eigenvalue weighted by Crippen LogP contribution is -2.40. The summed E-state index contributed by atoms with van der Waals surface area (Å²) in [6.45, 7) is 2.07. The summed E-state index contributed by atoms with van der Waals surface area (Å²) < 4.78 is 44.2. The predicted molar refractivity (Wildman–Crippen MR) is 128 cm³/mol. The molecular formula is C24H27N3O6S. The van der Waals surface area contributed by atoms with Gasteiger partial charge in [0, 0.05) is 12.3 Å². The minimum atomic E-state index is -4.13. The number of carbonyl (C=O) groups excluding carboxylic acids is 1. The van der Waals surface area contributed by atoms with Crippen LogP contribution in [0.3, 0.4) is 0 Å². The maximum Gasteiger partial charge on any atom is 0.264 e. The average molecular weight is 486 g/mol. The second-order valence-electron chi connectivity index (χ2n) is 7.05. The van der Waals surface area contributed by atoms with E-state index in [9.17, 15) is 13.2 Å². The van der Waals surface area contributed by atoms with Crippen LogP contribution < -0.4 is 23.8 Å². The maximum atomic E-state index is 13.6. The Bertz CT molecular complexity index is 1200. The van der Waals surface area contributed by atoms with Gasteiger partial charge in [0.15, 0.2) is 11.5 Å². The summed E-state index contributed by atoms with van der Waals surface area (Å²) in [5.41, 5.74) is 0.970. The number of ether oxygens (including phenoxy) is 3. The maximum absolute atomic E-state index is 13.6. The highest BCUT2D eigenvalue weighted by Crippen LogP contribution is 2.32. The van der Waals surface area contributed by atoms with Crippen molar-refractivity contribution in [3.05, 3.63) is 72.6 Å². The smallest absolute Gasteiger partial charge is 0.264 e. The third-order valence-electron chi connectivity index (χ3n) is 4.86. The Kier molecular flexibility index (Phi) is 8.31. The van der Waals surface area contributed by atoms with Gasteiger partial charge in [-0.3, -0.25) is 14.1 Å². The van der Waals surface area contributed by atoms with Crippen molar-refractivity contribution in [3.63, 3.8) is 0 Å². The van der Waals surface area contributed by atoms with E-state index in [-0.39, 0.29) is 17.2 Å². The van der Waals surface area contributed by atoms with Crippen molar-refractivity contribution in [2.75, 3.05) is 31.7 Å². The summed E-state index contributed by atoms with van der Waals surface area (Å²) in [5.74, 6) is 0.759. The molecule has 0 bridgehead atoms. The first-order valence-corrected chi connectivity index (χ1v) is 12.0. The van der Waals surface area contributed by atoms with Crippen molar-refractivity contribution >= 4 is 21.6 Å². The fourth-order valence-corrected chi connectivity index (χ4v) is 4.61. The molecule has 2 aromatic carbocycles. The number of anilines is 1. The Balaban J connectivity index is 1.92. The number of rotatable bonds is 11. The molecule has 10 heteroatoms. The zero-order valence-electron chi connectivity index (χ0n) is 19.2. The van der Waals surface area contributed by atoms with E-state index in [1.165, 1.54) is 32.4 Å². The topological polar surface area (TPSA) is 107 Å². The first-order chi connectivity index (χ1) is 16.4. The molecule has 0 atom stereocenters. The summed E-state index contributed by atoms with van der Waals surface area (Å²) in [6.07, 6.45) is 1.62. The quantitative estimate of drug-likeness (QED) is 0.445. The van der Waals surface area contributed by atoms with E-state index in [1.54, 1.807) is 42.6 Å². The lowest BCUT2D eigenvalue weighted by molar-refractivity contribution is -0.119. The molecule has 3 rings (SSSR count). The van der Waals surface area contributed by atoms with Gasteiger partial charge in [-0.05, 0) is 55.5 Å². The standard InChI is InChI=1S/C24H27N3O6S/c1-4-33-20-10-8-19(9-11-20)27(17-24(28)26-16-18-7-5-6-14-25-18)34(29,30)21-12-13-22(31-2)23(15-21)32-3/h5-15H,4,16-17H2,1-3H3,(H,26,28). The van der Waals surface area contributed by atoms with Crippen LogP contribution in [0.4, 0.5) is 5.69 Å². The summed E-state index contributed by atoms with van der Waals surface area (Å²) in [5, 5.41) is 2.72. The van der Waals surface area contributed by atoms with E-state index in [0.29, 0.717) is 29.5 Å². The Hall–Kier alpha value is -3.79. The number of nitrogens with one attached hydrogen (secondary N) is 1. The molecular weight excluding hydrogens is 458 g/mol. The number of hydrogen-bond acceptors (Lipinski definition) is 7. The lowest BCUT2D eigenvalue weighted by atomic mass is 10.3. The fraction of sp³-hybridized carbons (Fsp3) is 0.250. The number of pyridine rings is 1. The minimum absolute atomic E-state index is 0.0449. The number of hydrogen-bond donors (Lipinski definition) is 1. The number of aromatic nitrogens is 1. The zero-order valence-corrected chi connectivity index (χ0v) is 20.0. The monoisotopic (exact) mass is 485 g/mol.